The van der Waals surface area contributed by atoms with Gasteiger partial charge in [0.05, 0.1) is 6.20 Å². The normalized spacial score (nSPS) is 10.4. The summed E-state index contributed by atoms with van der Waals surface area (Å²) in [5.74, 6) is 0.954. The van der Waals surface area contributed by atoms with E-state index in [0.29, 0.717) is 11.6 Å². The molecule has 0 saturated heterocycles. The van der Waals surface area contributed by atoms with E-state index < -0.39 is 0 Å². The lowest BCUT2D eigenvalue weighted by Gasteiger charge is -2.03. The van der Waals surface area contributed by atoms with Crippen LogP contribution < -0.4 is 0 Å². The molecule has 16 heavy (non-hydrogen) atoms. The zero-order chi connectivity index (χ0) is 11.0. The summed E-state index contributed by atoms with van der Waals surface area (Å²) in [7, 11) is 0. The molecule has 3 rings (SSSR count). The van der Waals surface area contributed by atoms with E-state index in [9.17, 15) is 0 Å². The fraction of sp³-hybridized carbons (Fsp3) is 0. The van der Waals surface area contributed by atoms with Crippen molar-refractivity contribution in [1.82, 2.24) is 24.1 Å². The third-order valence-corrected chi connectivity index (χ3v) is 2.27. The first-order valence-corrected chi connectivity index (χ1v) is 4.62. The molecule has 0 fully saturated rings. The maximum atomic E-state index is 8.91. The lowest BCUT2D eigenvalue weighted by molar-refractivity contribution is 0.904. The monoisotopic (exact) mass is 210 g/mol. The first-order chi connectivity index (χ1) is 7.90. The number of hydrogen-bond donors (Lipinski definition) is 0. The molecule has 0 aliphatic rings. The Hall–Kier alpha value is -2.68. The van der Waals surface area contributed by atoms with Crippen LogP contribution in [0.5, 0.6) is 0 Å². The topological polar surface area (TPSA) is 71.8 Å². The van der Waals surface area contributed by atoms with Crippen LogP contribution in [-0.2, 0) is 0 Å². The third-order valence-electron chi connectivity index (χ3n) is 2.27. The summed E-state index contributed by atoms with van der Waals surface area (Å²) in [5, 5.41) is 13.0. The average Bonchev–Trinajstić information content (AvgIpc) is 2.96. The van der Waals surface area contributed by atoms with Gasteiger partial charge in [-0.15, -0.1) is 0 Å². The fourth-order valence-corrected chi connectivity index (χ4v) is 1.59. The molecule has 76 valence electrons. The van der Waals surface area contributed by atoms with Crippen molar-refractivity contribution >= 4 is 5.52 Å². The largest absolute Gasteiger partial charge is 0.274 e. The van der Waals surface area contributed by atoms with E-state index in [2.05, 4.69) is 15.1 Å². The Labute approximate surface area is 90.4 Å². The minimum Gasteiger partial charge on any atom is -0.274 e. The minimum atomic E-state index is 0.307. The molecule has 6 heteroatoms. The quantitative estimate of drug-likeness (QED) is 0.595. The molecule has 3 aromatic rings. The van der Waals surface area contributed by atoms with Gasteiger partial charge >= 0.3 is 0 Å². The SMILES string of the molecule is N#Cc1nccn1-c1nccn2nccc12. The van der Waals surface area contributed by atoms with Crippen LogP contribution in [0.3, 0.4) is 0 Å². The van der Waals surface area contributed by atoms with Crippen molar-refractivity contribution in [2.75, 3.05) is 0 Å². The maximum absolute atomic E-state index is 8.91. The second-order valence-electron chi connectivity index (χ2n) is 3.14. The van der Waals surface area contributed by atoms with Gasteiger partial charge in [-0.1, -0.05) is 0 Å². The molecule has 6 nitrogen and oxygen atoms in total. The number of nitriles is 1. The number of aromatic nitrogens is 5. The molecule has 0 radical (unpaired) electrons. The molecule has 0 atom stereocenters. The number of fused-ring (bicyclic) bond motifs is 1. The third kappa shape index (κ3) is 1.09. The molecular formula is C10H6N6. The zero-order valence-corrected chi connectivity index (χ0v) is 8.15. The highest BCUT2D eigenvalue weighted by Crippen LogP contribution is 2.13. The fourth-order valence-electron chi connectivity index (χ4n) is 1.59. The van der Waals surface area contributed by atoms with E-state index >= 15 is 0 Å². The van der Waals surface area contributed by atoms with Crippen LogP contribution in [0.25, 0.3) is 11.3 Å². The molecule has 0 aliphatic carbocycles. The Morgan fingerprint density at radius 1 is 1.12 bits per heavy atom. The second-order valence-corrected chi connectivity index (χ2v) is 3.14. The summed E-state index contributed by atoms with van der Waals surface area (Å²) in [6.07, 6.45) is 8.34. The standard InChI is InChI=1S/C10H6N6/c11-7-9-12-3-5-15(9)10-8-1-2-14-16(8)6-4-13-10/h1-6H. The Bertz CT molecular complexity index is 686. The van der Waals surface area contributed by atoms with Crippen LogP contribution in [0.1, 0.15) is 5.82 Å². The number of nitrogens with zero attached hydrogens (tertiary/aromatic N) is 6. The van der Waals surface area contributed by atoms with Crippen LogP contribution >= 0.6 is 0 Å². The smallest absolute Gasteiger partial charge is 0.218 e. The molecule has 0 bridgehead atoms. The van der Waals surface area contributed by atoms with Gasteiger partial charge in [0, 0.05) is 24.8 Å². The molecule has 0 aromatic carbocycles. The highest BCUT2D eigenvalue weighted by molar-refractivity contribution is 5.60. The molecule has 0 aliphatic heterocycles. The van der Waals surface area contributed by atoms with Crippen molar-refractivity contribution in [2.45, 2.75) is 0 Å². The Balaban J connectivity index is 2.35. The van der Waals surface area contributed by atoms with Gasteiger partial charge in [0.2, 0.25) is 5.82 Å². The van der Waals surface area contributed by atoms with Crippen molar-refractivity contribution in [3.8, 4) is 11.9 Å². The van der Waals surface area contributed by atoms with Crippen molar-refractivity contribution in [2.24, 2.45) is 0 Å². The predicted octanol–water partition coefficient (Wildman–Crippen LogP) is 0.787. The summed E-state index contributed by atoms with van der Waals surface area (Å²) in [4.78, 5) is 8.18. The number of hydrogen-bond acceptors (Lipinski definition) is 4. The minimum absolute atomic E-state index is 0.307. The van der Waals surface area contributed by atoms with E-state index in [0.717, 1.165) is 5.52 Å². The van der Waals surface area contributed by atoms with Crippen LogP contribution in [-0.4, -0.2) is 24.1 Å². The Kier molecular flexibility index (Phi) is 1.71. The van der Waals surface area contributed by atoms with Crippen LogP contribution in [0.4, 0.5) is 0 Å². The van der Waals surface area contributed by atoms with E-state index in [1.807, 2.05) is 12.1 Å². The first kappa shape index (κ1) is 8.61. The van der Waals surface area contributed by atoms with Gasteiger partial charge in [-0.25, -0.2) is 14.5 Å². The zero-order valence-electron chi connectivity index (χ0n) is 8.15. The van der Waals surface area contributed by atoms with Gasteiger partial charge in [0.15, 0.2) is 5.82 Å². The summed E-state index contributed by atoms with van der Waals surface area (Å²) < 4.78 is 3.33. The summed E-state index contributed by atoms with van der Waals surface area (Å²) in [6.45, 7) is 0. The average molecular weight is 210 g/mol. The van der Waals surface area contributed by atoms with Gasteiger partial charge in [-0.2, -0.15) is 10.4 Å². The van der Waals surface area contributed by atoms with E-state index in [1.165, 1.54) is 0 Å². The number of rotatable bonds is 1. The molecular weight excluding hydrogens is 204 g/mol. The van der Waals surface area contributed by atoms with Gasteiger partial charge < -0.3 is 0 Å². The lowest BCUT2D eigenvalue weighted by atomic mass is 10.4. The Morgan fingerprint density at radius 3 is 2.88 bits per heavy atom. The van der Waals surface area contributed by atoms with E-state index in [-0.39, 0.29) is 0 Å². The molecule has 0 spiro atoms. The highest BCUT2D eigenvalue weighted by atomic mass is 15.2. The van der Waals surface area contributed by atoms with Gasteiger partial charge in [-0.3, -0.25) is 4.57 Å². The van der Waals surface area contributed by atoms with Crippen molar-refractivity contribution in [3.05, 3.63) is 42.9 Å². The summed E-state index contributed by atoms with van der Waals surface area (Å²) in [5.41, 5.74) is 0.831. The summed E-state index contributed by atoms with van der Waals surface area (Å²) in [6, 6.07) is 3.85. The molecule has 3 aromatic heterocycles. The maximum Gasteiger partial charge on any atom is 0.218 e. The summed E-state index contributed by atoms with van der Waals surface area (Å²) >= 11 is 0. The molecule has 0 amide bonds. The molecule has 0 unspecified atom stereocenters. The second kappa shape index (κ2) is 3.17. The number of imidazole rings is 1. The van der Waals surface area contributed by atoms with Crippen molar-refractivity contribution in [1.29, 1.82) is 5.26 Å². The lowest BCUT2D eigenvalue weighted by Crippen LogP contribution is -2.02. The highest BCUT2D eigenvalue weighted by Gasteiger charge is 2.09. The molecule has 3 heterocycles. The van der Waals surface area contributed by atoms with Crippen LogP contribution in [0.15, 0.2) is 37.1 Å². The predicted molar refractivity (Wildman–Crippen MR) is 54.8 cm³/mol. The van der Waals surface area contributed by atoms with Crippen LogP contribution in [0.2, 0.25) is 0 Å². The van der Waals surface area contributed by atoms with E-state index in [4.69, 9.17) is 5.26 Å². The Morgan fingerprint density at radius 2 is 2.00 bits per heavy atom. The van der Waals surface area contributed by atoms with Gasteiger partial charge in [-0.05, 0) is 6.07 Å². The van der Waals surface area contributed by atoms with Crippen LogP contribution in [0, 0.1) is 11.3 Å². The van der Waals surface area contributed by atoms with E-state index in [1.54, 1.807) is 40.1 Å². The van der Waals surface area contributed by atoms with Crippen molar-refractivity contribution < 1.29 is 0 Å². The van der Waals surface area contributed by atoms with Gasteiger partial charge in [0.1, 0.15) is 11.6 Å². The molecule has 0 saturated carbocycles. The van der Waals surface area contributed by atoms with Crippen molar-refractivity contribution in [3.63, 3.8) is 0 Å². The first-order valence-electron chi connectivity index (χ1n) is 4.62. The molecule has 0 N–H and O–H groups in total. The van der Waals surface area contributed by atoms with Gasteiger partial charge in [0.25, 0.3) is 0 Å².